The fourth-order valence-corrected chi connectivity index (χ4v) is 4.17. The van der Waals surface area contributed by atoms with E-state index in [0.717, 1.165) is 55.5 Å². The zero-order valence-electron chi connectivity index (χ0n) is 17.2. The molecule has 1 aromatic heterocycles. The van der Waals surface area contributed by atoms with Gasteiger partial charge in [-0.15, -0.1) is 11.3 Å². The van der Waals surface area contributed by atoms with Crippen LogP contribution < -0.4 is 10.1 Å². The predicted octanol–water partition coefficient (Wildman–Crippen LogP) is 2.96. The summed E-state index contributed by atoms with van der Waals surface area (Å²) in [6.45, 7) is 10.8. The van der Waals surface area contributed by atoms with Crippen LogP contribution >= 0.6 is 11.3 Å². The van der Waals surface area contributed by atoms with Gasteiger partial charge in [-0.2, -0.15) is 0 Å². The predicted molar refractivity (Wildman–Crippen MR) is 114 cm³/mol. The number of aryl methyl sites for hydroxylation is 2. The average molecular weight is 403 g/mol. The summed E-state index contributed by atoms with van der Waals surface area (Å²) in [5, 5.41) is 3.67. The van der Waals surface area contributed by atoms with E-state index in [0.29, 0.717) is 5.13 Å². The van der Waals surface area contributed by atoms with Crippen LogP contribution in [0, 0.1) is 13.8 Å². The largest absolute Gasteiger partial charge is 0.497 e. The molecule has 1 aliphatic rings. The second-order valence-electron chi connectivity index (χ2n) is 7.30. The van der Waals surface area contributed by atoms with Crippen LogP contribution in [0.5, 0.6) is 5.75 Å². The fraction of sp³-hybridized carbons (Fsp3) is 0.524. The Morgan fingerprint density at radius 2 is 1.89 bits per heavy atom. The summed E-state index contributed by atoms with van der Waals surface area (Å²) in [5.74, 6) is 0.924. The standard InChI is InChI=1S/C21H30N4O2S/c1-15-17(3)28-21(22-15)23-20(26)16(2)25-13-11-24(12-14-25)10-9-18-5-7-19(27-4)8-6-18/h5-8,16H,9-14H2,1-4H3,(H,22,23,26). The van der Waals surface area contributed by atoms with Gasteiger partial charge in [0.2, 0.25) is 5.91 Å². The number of hydrogen-bond acceptors (Lipinski definition) is 6. The fourth-order valence-electron chi connectivity index (χ4n) is 3.36. The van der Waals surface area contributed by atoms with Crippen LogP contribution in [-0.2, 0) is 11.2 Å². The Morgan fingerprint density at radius 1 is 1.21 bits per heavy atom. The number of rotatable bonds is 7. The molecule has 0 radical (unpaired) electrons. The van der Waals surface area contributed by atoms with Crippen LogP contribution in [0.3, 0.4) is 0 Å². The van der Waals surface area contributed by atoms with Crippen molar-refractivity contribution in [3.63, 3.8) is 0 Å². The molecule has 1 unspecified atom stereocenters. The van der Waals surface area contributed by atoms with Crippen molar-refractivity contribution in [2.75, 3.05) is 45.2 Å². The van der Waals surface area contributed by atoms with Gasteiger partial charge >= 0.3 is 0 Å². The van der Waals surface area contributed by atoms with Crippen LogP contribution in [0.1, 0.15) is 23.1 Å². The molecule has 1 atom stereocenters. The number of carbonyl (C=O) groups is 1. The van der Waals surface area contributed by atoms with Crippen LogP contribution in [0.4, 0.5) is 5.13 Å². The number of thiazole rings is 1. The normalized spacial score (nSPS) is 16.7. The maximum absolute atomic E-state index is 12.6. The van der Waals surface area contributed by atoms with E-state index in [1.165, 1.54) is 16.9 Å². The molecule has 2 heterocycles. The first kappa shape index (κ1) is 20.8. The molecule has 1 fully saturated rings. The summed E-state index contributed by atoms with van der Waals surface area (Å²) < 4.78 is 5.21. The van der Waals surface area contributed by atoms with E-state index in [-0.39, 0.29) is 11.9 Å². The number of anilines is 1. The minimum absolute atomic E-state index is 0.0282. The maximum Gasteiger partial charge on any atom is 0.243 e. The highest BCUT2D eigenvalue weighted by atomic mass is 32.1. The number of benzene rings is 1. The SMILES string of the molecule is COc1ccc(CCN2CCN(C(C)C(=O)Nc3nc(C)c(C)s3)CC2)cc1. The molecule has 1 saturated heterocycles. The number of carbonyl (C=O) groups excluding carboxylic acids is 1. The lowest BCUT2D eigenvalue weighted by Crippen LogP contribution is -2.53. The van der Waals surface area contributed by atoms with Gasteiger partial charge in [0, 0.05) is 37.6 Å². The highest BCUT2D eigenvalue weighted by molar-refractivity contribution is 7.15. The molecule has 3 rings (SSSR count). The Balaban J connectivity index is 1.42. The molecule has 1 aliphatic heterocycles. The molecule has 0 saturated carbocycles. The van der Waals surface area contributed by atoms with Crippen molar-refractivity contribution in [1.82, 2.24) is 14.8 Å². The number of nitrogens with zero attached hydrogens (tertiary/aromatic N) is 3. The average Bonchev–Trinajstić information content (AvgIpc) is 3.03. The van der Waals surface area contributed by atoms with Gasteiger partial charge in [-0.05, 0) is 44.9 Å². The molecule has 28 heavy (non-hydrogen) atoms. The third-order valence-corrected chi connectivity index (χ3v) is 6.46. The molecule has 6 nitrogen and oxygen atoms in total. The highest BCUT2D eigenvalue weighted by Gasteiger charge is 2.26. The van der Waals surface area contributed by atoms with Crippen molar-refractivity contribution < 1.29 is 9.53 Å². The van der Waals surface area contributed by atoms with Gasteiger partial charge < -0.3 is 15.0 Å². The number of aromatic nitrogens is 1. The monoisotopic (exact) mass is 402 g/mol. The Morgan fingerprint density at radius 3 is 2.46 bits per heavy atom. The zero-order valence-corrected chi connectivity index (χ0v) is 18.0. The Kier molecular flexibility index (Phi) is 7.04. The zero-order chi connectivity index (χ0) is 20.1. The van der Waals surface area contributed by atoms with E-state index >= 15 is 0 Å². The lowest BCUT2D eigenvalue weighted by molar-refractivity contribution is -0.121. The number of piperazine rings is 1. The van der Waals surface area contributed by atoms with Crippen molar-refractivity contribution >= 4 is 22.4 Å². The van der Waals surface area contributed by atoms with Gasteiger partial charge in [-0.1, -0.05) is 12.1 Å². The molecular weight excluding hydrogens is 372 g/mol. The van der Waals surface area contributed by atoms with Crippen molar-refractivity contribution in [2.24, 2.45) is 0 Å². The summed E-state index contributed by atoms with van der Waals surface area (Å²) >= 11 is 1.54. The smallest absolute Gasteiger partial charge is 0.243 e. The summed E-state index contributed by atoms with van der Waals surface area (Å²) in [6.07, 6.45) is 1.03. The van der Waals surface area contributed by atoms with E-state index in [1.807, 2.05) is 32.9 Å². The van der Waals surface area contributed by atoms with E-state index in [1.54, 1.807) is 7.11 Å². The molecule has 152 valence electrons. The summed E-state index contributed by atoms with van der Waals surface area (Å²) in [4.78, 5) is 22.8. The quantitative estimate of drug-likeness (QED) is 0.772. The summed E-state index contributed by atoms with van der Waals surface area (Å²) in [7, 11) is 1.69. The van der Waals surface area contributed by atoms with Crippen LogP contribution in [-0.4, -0.2) is 66.6 Å². The van der Waals surface area contributed by atoms with Gasteiger partial charge in [0.15, 0.2) is 5.13 Å². The van der Waals surface area contributed by atoms with Gasteiger partial charge in [0.25, 0.3) is 0 Å². The van der Waals surface area contributed by atoms with Crippen LogP contribution in [0.15, 0.2) is 24.3 Å². The number of ether oxygens (including phenoxy) is 1. The molecule has 2 aromatic rings. The van der Waals surface area contributed by atoms with Gasteiger partial charge in [0.1, 0.15) is 5.75 Å². The molecule has 7 heteroatoms. The lowest BCUT2D eigenvalue weighted by atomic mass is 10.1. The van der Waals surface area contributed by atoms with Crippen molar-refractivity contribution in [2.45, 2.75) is 33.2 Å². The minimum Gasteiger partial charge on any atom is -0.497 e. The lowest BCUT2D eigenvalue weighted by Gasteiger charge is -2.37. The molecule has 0 bridgehead atoms. The van der Waals surface area contributed by atoms with Gasteiger partial charge in [-0.3, -0.25) is 9.69 Å². The van der Waals surface area contributed by atoms with E-state index in [2.05, 4.69) is 32.2 Å². The van der Waals surface area contributed by atoms with E-state index in [9.17, 15) is 4.79 Å². The van der Waals surface area contributed by atoms with Crippen molar-refractivity contribution in [3.8, 4) is 5.75 Å². The molecule has 0 spiro atoms. The molecule has 1 aromatic carbocycles. The third-order valence-electron chi connectivity index (χ3n) is 5.47. The minimum atomic E-state index is -0.145. The Bertz CT molecular complexity index is 763. The first-order valence-corrected chi connectivity index (χ1v) is 10.6. The van der Waals surface area contributed by atoms with Crippen LogP contribution in [0.25, 0.3) is 0 Å². The number of methoxy groups -OCH3 is 1. The molecule has 1 amide bonds. The number of nitrogens with one attached hydrogen (secondary N) is 1. The van der Waals surface area contributed by atoms with Gasteiger partial charge in [-0.25, -0.2) is 4.98 Å². The summed E-state index contributed by atoms with van der Waals surface area (Å²) in [5.41, 5.74) is 2.31. The van der Waals surface area contributed by atoms with E-state index < -0.39 is 0 Å². The molecule has 0 aliphatic carbocycles. The van der Waals surface area contributed by atoms with E-state index in [4.69, 9.17) is 4.74 Å². The summed E-state index contributed by atoms with van der Waals surface area (Å²) in [6, 6.07) is 8.14. The third kappa shape index (κ3) is 5.31. The molecule has 1 N–H and O–H groups in total. The maximum atomic E-state index is 12.6. The Hall–Kier alpha value is -1.96. The topological polar surface area (TPSA) is 57.7 Å². The van der Waals surface area contributed by atoms with Crippen LogP contribution in [0.2, 0.25) is 0 Å². The number of amides is 1. The Labute approximate surface area is 171 Å². The molecular formula is C21H30N4O2S. The number of hydrogen-bond donors (Lipinski definition) is 1. The second-order valence-corrected chi connectivity index (χ2v) is 8.50. The highest BCUT2D eigenvalue weighted by Crippen LogP contribution is 2.21. The van der Waals surface area contributed by atoms with Gasteiger partial charge in [0.05, 0.1) is 18.8 Å². The van der Waals surface area contributed by atoms with Crippen molar-refractivity contribution in [1.29, 1.82) is 0 Å². The second kappa shape index (κ2) is 9.49. The van der Waals surface area contributed by atoms with Crippen molar-refractivity contribution in [3.05, 3.63) is 40.4 Å². The first-order valence-electron chi connectivity index (χ1n) is 9.80. The first-order chi connectivity index (χ1) is 13.5.